The Morgan fingerprint density at radius 1 is 1.73 bits per heavy atom. The van der Waals surface area contributed by atoms with Crippen molar-refractivity contribution in [1.29, 1.82) is 5.26 Å². The van der Waals surface area contributed by atoms with E-state index in [2.05, 4.69) is 11.2 Å². The van der Waals surface area contributed by atoms with Crippen LogP contribution in [0, 0.1) is 17.2 Å². The van der Waals surface area contributed by atoms with Crippen molar-refractivity contribution >= 4 is 5.71 Å². The Hall–Kier alpha value is -1.04. The van der Waals surface area contributed by atoms with E-state index in [1.807, 2.05) is 13.8 Å². The topological polar surface area (TPSA) is 56.4 Å². The second-order valence-electron chi connectivity index (χ2n) is 2.59. The fraction of sp³-hybridized carbons (Fsp3) is 0.750. The predicted molar refractivity (Wildman–Crippen MR) is 43.5 cm³/mol. The summed E-state index contributed by atoms with van der Waals surface area (Å²) < 4.78 is 0. The van der Waals surface area contributed by atoms with E-state index in [-0.39, 0.29) is 5.92 Å². The minimum atomic E-state index is 0.0540. The maximum atomic E-state index is 8.44. The summed E-state index contributed by atoms with van der Waals surface area (Å²) in [4.78, 5) is 0. The van der Waals surface area contributed by atoms with Gasteiger partial charge in [-0.1, -0.05) is 12.1 Å². The van der Waals surface area contributed by atoms with Gasteiger partial charge in [-0.05, 0) is 26.2 Å². The molecule has 0 rings (SSSR count). The van der Waals surface area contributed by atoms with Crippen molar-refractivity contribution in [2.24, 2.45) is 11.1 Å². The third-order valence-electron chi connectivity index (χ3n) is 1.64. The van der Waals surface area contributed by atoms with Crippen molar-refractivity contribution in [1.82, 2.24) is 0 Å². The number of nitriles is 1. The monoisotopic (exact) mass is 154 g/mol. The van der Waals surface area contributed by atoms with Gasteiger partial charge in [0, 0.05) is 5.92 Å². The van der Waals surface area contributed by atoms with Gasteiger partial charge >= 0.3 is 0 Å². The highest BCUT2D eigenvalue weighted by Gasteiger charge is 2.02. The van der Waals surface area contributed by atoms with Crippen LogP contribution < -0.4 is 0 Å². The number of hydrogen-bond acceptors (Lipinski definition) is 3. The van der Waals surface area contributed by atoms with E-state index in [9.17, 15) is 0 Å². The van der Waals surface area contributed by atoms with Gasteiger partial charge in [-0.2, -0.15) is 5.26 Å². The Kier molecular flexibility index (Phi) is 5.18. The van der Waals surface area contributed by atoms with Crippen LogP contribution in [-0.4, -0.2) is 10.9 Å². The number of hydrogen-bond donors (Lipinski definition) is 1. The van der Waals surface area contributed by atoms with Crippen molar-refractivity contribution in [3.8, 4) is 6.07 Å². The summed E-state index contributed by atoms with van der Waals surface area (Å²) in [6.07, 6.45) is 2.26. The molecule has 0 aliphatic carbocycles. The summed E-state index contributed by atoms with van der Waals surface area (Å²) in [5.74, 6) is 0.0540. The van der Waals surface area contributed by atoms with Gasteiger partial charge in [0.25, 0.3) is 0 Å². The molecule has 11 heavy (non-hydrogen) atoms. The third kappa shape index (κ3) is 4.38. The lowest BCUT2D eigenvalue weighted by atomic mass is 10.0. The second kappa shape index (κ2) is 5.72. The van der Waals surface area contributed by atoms with Crippen molar-refractivity contribution in [3.05, 3.63) is 0 Å². The molecular formula is C8H14N2O. The Morgan fingerprint density at radius 2 is 2.36 bits per heavy atom. The molecule has 0 aromatic rings. The summed E-state index contributed by atoms with van der Waals surface area (Å²) in [7, 11) is 0. The smallest absolute Gasteiger partial charge is 0.0652 e. The number of nitrogens with zero attached hydrogens (tertiary/aromatic N) is 2. The molecule has 0 radical (unpaired) electrons. The lowest BCUT2D eigenvalue weighted by molar-refractivity contribution is 0.316. The van der Waals surface area contributed by atoms with Gasteiger partial charge in [0.05, 0.1) is 11.8 Å². The molecule has 0 heterocycles. The molecule has 1 unspecified atom stereocenters. The molecule has 0 amide bonds. The zero-order valence-electron chi connectivity index (χ0n) is 7.04. The van der Waals surface area contributed by atoms with Crippen LogP contribution in [0.3, 0.4) is 0 Å². The van der Waals surface area contributed by atoms with E-state index >= 15 is 0 Å². The second-order valence-corrected chi connectivity index (χ2v) is 2.59. The largest absolute Gasteiger partial charge is 0.411 e. The van der Waals surface area contributed by atoms with Crippen LogP contribution in [0.5, 0.6) is 0 Å². The highest BCUT2D eigenvalue weighted by Crippen LogP contribution is 2.06. The van der Waals surface area contributed by atoms with Crippen LogP contribution in [0.25, 0.3) is 0 Å². The zero-order valence-corrected chi connectivity index (χ0v) is 7.04. The maximum Gasteiger partial charge on any atom is 0.0652 e. The molecule has 0 spiro atoms. The van der Waals surface area contributed by atoms with Gasteiger partial charge in [0.2, 0.25) is 0 Å². The number of oxime groups is 1. The molecule has 3 heteroatoms. The minimum Gasteiger partial charge on any atom is -0.411 e. The molecule has 0 fully saturated rings. The summed E-state index contributed by atoms with van der Waals surface area (Å²) in [5.41, 5.74) is 0.770. The molecule has 0 bridgehead atoms. The predicted octanol–water partition coefficient (Wildman–Crippen LogP) is 2.17. The molecule has 1 N–H and O–H groups in total. The molecule has 0 saturated heterocycles. The van der Waals surface area contributed by atoms with Gasteiger partial charge in [-0.15, -0.1) is 0 Å². The Balaban J connectivity index is 3.62. The molecule has 62 valence electrons. The average Bonchev–Trinajstić information content (AvgIpc) is 2.06. The standard InChI is InChI=1S/C8H14N2O/c1-3-8(10-11)5-4-7(2)6-9/h7,11H,3-5H2,1-2H3/b10-8+. The maximum absolute atomic E-state index is 8.44. The van der Waals surface area contributed by atoms with Gasteiger partial charge in [-0.3, -0.25) is 0 Å². The molecule has 1 atom stereocenters. The normalized spacial score (nSPS) is 14.1. The van der Waals surface area contributed by atoms with E-state index in [4.69, 9.17) is 10.5 Å². The molecule has 0 aliphatic heterocycles. The highest BCUT2D eigenvalue weighted by molar-refractivity contribution is 5.83. The molecule has 0 saturated carbocycles. The SMILES string of the molecule is CC/C(CCC(C)C#N)=N\O. The van der Waals surface area contributed by atoms with Crippen molar-refractivity contribution < 1.29 is 5.21 Å². The first kappa shape index (κ1) is 9.96. The first-order valence-corrected chi connectivity index (χ1v) is 3.84. The lowest BCUT2D eigenvalue weighted by Gasteiger charge is -2.01. The summed E-state index contributed by atoms with van der Waals surface area (Å²) >= 11 is 0. The lowest BCUT2D eigenvalue weighted by Crippen LogP contribution is -1.99. The third-order valence-corrected chi connectivity index (χ3v) is 1.64. The highest BCUT2D eigenvalue weighted by atomic mass is 16.4. The minimum absolute atomic E-state index is 0.0540. The molecule has 3 nitrogen and oxygen atoms in total. The van der Waals surface area contributed by atoms with E-state index in [0.29, 0.717) is 0 Å². The molecule has 0 aliphatic rings. The quantitative estimate of drug-likeness (QED) is 0.383. The van der Waals surface area contributed by atoms with E-state index < -0.39 is 0 Å². The Labute approximate surface area is 67.3 Å². The van der Waals surface area contributed by atoms with Crippen molar-refractivity contribution in [3.63, 3.8) is 0 Å². The first-order chi connectivity index (χ1) is 5.24. The molecule has 0 aromatic heterocycles. The van der Waals surface area contributed by atoms with Gasteiger partial charge < -0.3 is 5.21 Å². The Morgan fingerprint density at radius 3 is 2.73 bits per heavy atom. The average molecular weight is 154 g/mol. The van der Waals surface area contributed by atoms with E-state index in [0.717, 1.165) is 25.0 Å². The van der Waals surface area contributed by atoms with Crippen LogP contribution in [0.15, 0.2) is 5.16 Å². The van der Waals surface area contributed by atoms with Gasteiger partial charge in [0.1, 0.15) is 0 Å². The van der Waals surface area contributed by atoms with Crippen LogP contribution in [0.4, 0.5) is 0 Å². The summed E-state index contributed by atoms with van der Waals surface area (Å²) in [6, 6.07) is 2.13. The van der Waals surface area contributed by atoms with Crippen LogP contribution in [0.2, 0.25) is 0 Å². The summed E-state index contributed by atoms with van der Waals surface area (Å²) in [6.45, 7) is 3.80. The van der Waals surface area contributed by atoms with Crippen LogP contribution >= 0.6 is 0 Å². The molecule has 0 aromatic carbocycles. The van der Waals surface area contributed by atoms with E-state index in [1.165, 1.54) is 0 Å². The first-order valence-electron chi connectivity index (χ1n) is 3.84. The van der Waals surface area contributed by atoms with E-state index in [1.54, 1.807) is 0 Å². The fourth-order valence-electron chi connectivity index (χ4n) is 0.745. The van der Waals surface area contributed by atoms with Gasteiger partial charge in [-0.25, -0.2) is 0 Å². The van der Waals surface area contributed by atoms with Crippen LogP contribution in [0.1, 0.15) is 33.1 Å². The zero-order chi connectivity index (χ0) is 8.69. The van der Waals surface area contributed by atoms with Gasteiger partial charge in [0.15, 0.2) is 0 Å². The van der Waals surface area contributed by atoms with Crippen molar-refractivity contribution in [2.45, 2.75) is 33.1 Å². The Bertz CT molecular complexity index is 169. The fourth-order valence-corrected chi connectivity index (χ4v) is 0.745. The summed E-state index contributed by atoms with van der Waals surface area (Å²) in [5, 5.41) is 20.0. The molecular weight excluding hydrogens is 140 g/mol. The number of rotatable bonds is 4. The van der Waals surface area contributed by atoms with Crippen LogP contribution in [-0.2, 0) is 0 Å². The van der Waals surface area contributed by atoms with Crippen molar-refractivity contribution in [2.75, 3.05) is 0 Å².